The van der Waals surface area contributed by atoms with Crippen molar-refractivity contribution in [1.82, 2.24) is 9.80 Å². The first kappa shape index (κ1) is 13.6. The molecule has 4 rings (SSSR count). The molecule has 2 fully saturated rings. The van der Waals surface area contributed by atoms with Gasteiger partial charge in [0.2, 0.25) is 0 Å². The Labute approximate surface area is 118 Å². The summed E-state index contributed by atoms with van der Waals surface area (Å²) in [5.74, 6) is 1.84. The Kier molecular flexibility index (Phi) is 3.51. The summed E-state index contributed by atoms with van der Waals surface area (Å²) in [6, 6.07) is 0.804. The first-order valence-electron chi connectivity index (χ1n) is 8.06. The van der Waals surface area contributed by atoms with Gasteiger partial charge in [0.25, 0.3) is 0 Å². The van der Waals surface area contributed by atoms with E-state index in [1.165, 1.54) is 45.3 Å². The van der Waals surface area contributed by atoms with Gasteiger partial charge >= 0.3 is 0 Å². The fraction of sp³-hybridized carbons (Fsp3) is 0.882. The first-order chi connectivity index (χ1) is 8.98. The molecular formula is C17H30N2. The molecule has 3 aliphatic carbocycles. The van der Waals surface area contributed by atoms with E-state index in [0.29, 0.717) is 5.41 Å². The molecule has 2 unspecified atom stereocenters. The lowest BCUT2D eigenvalue weighted by atomic mass is 9.49. The maximum absolute atomic E-state index is 2.63. The monoisotopic (exact) mass is 262 g/mol. The van der Waals surface area contributed by atoms with Gasteiger partial charge in [-0.25, -0.2) is 0 Å². The second-order valence-corrected chi connectivity index (χ2v) is 7.77. The Morgan fingerprint density at radius 3 is 2.58 bits per heavy atom. The lowest BCUT2D eigenvalue weighted by Crippen LogP contribution is -2.50. The predicted octanol–water partition coefficient (Wildman–Crippen LogP) is 3.00. The summed E-state index contributed by atoms with van der Waals surface area (Å²) in [6.07, 6.45) is 8.05. The van der Waals surface area contributed by atoms with Crippen LogP contribution >= 0.6 is 0 Å². The van der Waals surface area contributed by atoms with Crippen molar-refractivity contribution in [3.8, 4) is 0 Å². The molecule has 19 heavy (non-hydrogen) atoms. The van der Waals surface area contributed by atoms with Gasteiger partial charge in [-0.2, -0.15) is 0 Å². The topological polar surface area (TPSA) is 6.48 Å². The van der Waals surface area contributed by atoms with Crippen LogP contribution in [0.2, 0.25) is 0 Å². The van der Waals surface area contributed by atoms with Gasteiger partial charge in [-0.1, -0.05) is 25.5 Å². The molecule has 0 spiro atoms. The number of piperidine rings is 1. The molecular weight excluding hydrogens is 232 g/mol. The van der Waals surface area contributed by atoms with Crippen LogP contribution in [0.1, 0.15) is 39.5 Å². The van der Waals surface area contributed by atoms with E-state index in [1.54, 1.807) is 5.57 Å². The third kappa shape index (κ3) is 2.38. The van der Waals surface area contributed by atoms with Gasteiger partial charge in [-0.3, -0.25) is 4.90 Å². The van der Waals surface area contributed by atoms with Crippen molar-refractivity contribution in [3.63, 3.8) is 0 Å². The number of likely N-dealkylation sites (N-methyl/N-ethyl adjacent to an activating group) is 1. The van der Waals surface area contributed by atoms with E-state index in [4.69, 9.17) is 0 Å². The van der Waals surface area contributed by atoms with Crippen LogP contribution < -0.4 is 0 Å². The van der Waals surface area contributed by atoms with Crippen molar-refractivity contribution in [2.24, 2.45) is 17.3 Å². The Hall–Kier alpha value is -0.340. The van der Waals surface area contributed by atoms with Gasteiger partial charge in [-0.15, -0.1) is 0 Å². The summed E-state index contributed by atoms with van der Waals surface area (Å²) >= 11 is 0. The van der Waals surface area contributed by atoms with E-state index < -0.39 is 0 Å². The Morgan fingerprint density at radius 1 is 1.32 bits per heavy atom. The molecule has 0 radical (unpaired) electrons. The van der Waals surface area contributed by atoms with E-state index >= 15 is 0 Å². The molecule has 2 atom stereocenters. The standard InChI is InChI=1S/C17H30N2/c1-17(2)14-6-5-13(16(17)11-14)12-19(4)15-7-9-18(3)10-8-15/h5,14-16H,6-12H2,1-4H3. The van der Waals surface area contributed by atoms with Crippen LogP contribution in [0.25, 0.3) is 0 Å². The minimum Gasteiger partial charge on any atom is -0.306 e. The minimum atomic E-state index is 0.581. The number of hydrogen-bond donors (Lipinski definition) is 0. The predicted molar refractivity (Wildman–Crippen MR) is 81.2 cm³/mol. The molecule has 108 valence electrons. The highest BCUT2D eigenvalue weighted by molar-refractivity contribution is 5.24. The Morgan fingerprint density at radius 2 is 2.00 bits per heavy atom. The summed E-state index contributed by atoms with van der Waals surface area (Å²) in [7, 11) is 4.59. The molecule has 1 saturated carbocycles. The maximum Gasteiger partial charge on any atom is 0.0195 e. The molecule has 0 aromatic rings. The molecule has 0 amide bonds. The van der Waals surface area contributed by atoms with E-state index in [-0.39, 0.29) is 0 Å². The Bertz CT molecular complexity index is 363. The van der Waals surface area contributed by atoms with E-state index in [0.717, 1.165) is 17.9 Å². The number of nitrogens with zero attached hydrogens (tertiary/aromatic N) is 2. The van der Waals surface area contributed by atoms with Gasteiger partial charge < -0.3 is 4.90 Å². The van der Waals surface area contributed by atoms with Gasteiger partial charge in [0, 0.05) is 12.6 Å². The number of likely N-dealkylation sites (tertiary alicyclic amines) is 1. The summed E-state index contributed by atoms with van der Waals surface area (Å²) in [5.41, 5.74) is 2.33. The molecule has 0 aromatic carbocycles. The minimum absolute atomic E-state index is 0.581. The highest BCUT2D eigenvalue weighted by Crippen LogP contribution is 2.59. The highest BCUT2D eigenvalue weighted by atomic mass is 15.2. The quantitative estimate of drug-likeness (QED) is 0.721. The van der Waals surface area contributed by atoms with Crippen molar-refractivity contribution in [2.75, 3.05) is 33.7 Å². The lowest BCUT2D eigenvalue weighted by molar-refractivity contribution is -0.0118. The second kappa shape index (κ2) is 4.89. The summed E-state index contributed by atoms with van der Waals surface area (Å²) in [4.78, 5) is 5.09. The van der Waals surface area contributed by atoms with E-state index in [9.17, 15) is 0 Å². The number of fused-ring (bicyclic) bond motifs is 1. The Balaban J connectivity index is 1.58. The summed E-state index contributed by atoms with van der Waals surface area (Å²) in [6.45, 7) is 8.72. The third-order valence-corrected chi connectivity index (χ3v) is 6.33. The van der Waals surface area contributed by atoms with Crippen molar-refractivity contribution >= 4 is 0 Å². The van der Waals surface area contributed by atoms with E-state index in [1.807, 2.05) is 0 Å². The van der Waals surface area contributed by atoms with Crippen molar-refractivity contribution < 1.29 is 0 Å². The van der Waals surface area contributed by atoms with Crippen LogP contribution in [-0.4, -0.2) is 49.6 Å². The van der Waals surface area contributed by atoms with Gasteiger partial charge in [-0.05, 0) is 70.1 Å². The summed E-state index contributed by atoms with van der Waals surface area (Å²) in [5, 5.41) is 0. The molecule has 4 aliphatic rings. The fourth-order valence-corrected chi connectivity index (χ4v) is 4.51. The van der Waals surface area contributed by atoms with Crippen molar-refractivity contribution in [2.45, 2.75) is 45.6 Å². The van der Waals surface area contributed by atoms with Crippen LogP contribution in [0.4, 0.5) is 0 Å². The maximum atomic E-state index is 2.63. The number of hydrogen-bond acceptors (Lipinski definition) is 2. The van der Waals surface area contributed by atoms with Crippen LogP contribution in [0, 0.1) is 17.3 Å². The first-order valence-corrected chi connectivity index (χ1v) is 8.06. The zero-order valence-electron chi connectivity index (χ0n) is 13.2. The third-order valence-electron chi connectivity index (χ3n) is 6.33. The van der Waals surface area contributed by atoms with E-state index in [2.05, 4.69) is 43.8 Å². The summed E-state index contributed by atoms with van der Waals surface area (Å²) < 4.78 is 0. The molecule has 2 heteroatoms. The molecule has 2 nitrogen and oxygen atoms in total. The zero-order valence-corrected chi connectivity index (χ0v) is 13.2. The number of allylic oxidation sites excluding steroid dienone is 1. The molecule has 0 N–H and O–H groups in total. The van der Waals surface area contributed by atoms with Crippen LogP contribution in [0.15, 0.2) is 11.6 Å². The SMILES string of the molecule is CN1CCC(N(C)CC2=CCC3CC2C3(C)C)CC1. The molecule has 1 saturated heterocycles. The molecule has 2 bridgehead atoms. The average molecular weight is 262 g/mol. The lowest BCUT2D eigenvalue weighted by Gasteiger charge is -2.57. The molecule has 1 aliphatic heterocycles. The largest absolute Gasteiger partial charge is 0.306 e. The van der Waals surface area contributed by atoms with Crippen LogP contribution in [-0.2, 0) is 0 Å². The van der Waals surface area contributed by atoms with Gasteiger partial charge in [0.05, 0.1) is 0 Å². The smallest absolute Gasteiger partial charge is 0.0195 e. The molecule has 0 aromatic heterocycles. The van der Waals surface area contributed by atoms with Crippen molar-refractivity contribution in [1.29, 1.82) is 0 Å². The van der Waals surface area contributed by atoms with Crippen molar-refractivity contribution in [3.05, 3.63) is 11.6 Å². The average Bonchev–Trinajstić information content (AvgIpc) is 2.39. The number of rotatable bonds is 3. The van der Waals surface area contributed by atoms with Gasteiger partial charge in [0.15, 0.2) is 0 Å². The van der Waals surface area contributed by atoms with Gasteiger partial charge in [0.1, 0.15) is 0 Å². The highest BCUT2D eigenvalue weighted by Gasteiger charge is 2.51. The zero-order chi connectivity index (χ0) is 13.6. The van der Waals surface area contributed by atoms with Crippen LogP contribution in [0.5, 0.6) is 0 Å². The molecule has 1 heterocycles. The normalized spacial score (nSPS) is 35.1. The van der Waals surface area contributed by atoms with Crippen LogP contribution in [0.3, 0.4) is 0 Å². The second-order valence-electron chi connectivity index (χ2n) is 7.77. The fourth-order valence-electron chi connectivity index (χ4n) is 4.51.